The quantitative estimate of drug-likeness (QED) is 0.803. The lowest BCUT2D eigenvalue weighted by molar-refractivity contribution is 0.0633. The lowest BCUT2D eigenvalue weighted by atomic mass is 9.98. The lowest BCUT2D eigenvalue weighted by Gasteiger charge is -2.32. The van der Waals surface area contributed by atoms with Gasteiger partial charge in [0, 0.05) is 36.2 Å². The third-order valence-electron chi connectivity index (χ3n) is 4.90. The first-order valence-electron chi connectivity index (χ1n) is 10.0. The second kappa shape index (κ2) is 9.54. The molecule has 3 rings (SSSR count). The third kappa shape index (κ3) is 5.79. The zero-order valence-corrected chi connectivity index (χ0v) is 16.9. The topological polar surface area (TPSA) is 58.6 Å². The predicted octanol–water partition coefficient (Wildman–Crippen LogP) is 3.90. The second-order valence-electron chi connectivity index (χ2n) is 7.73. The van der Waals surface area contributed by atoms with E-state index in [1.807, 2.05) is 13.8 Å². The number of halogens is 1. The van der Waals surface area contributed by atoms with Gasteiger partial charge in [-0.25, -0.2) is 4.39 Å². The maximum atomic E-state index is 13.4. The molecule has 1 aliphatic heterocycles. The molecule has 2 aromatic rings. The number of nitrogens with one attached hydrogen (secondary N) is 1. The van der Waals surface area contributed by atoms with Gasteiger partial charge in [0.1, 0.15) is 11.6 Å². The highest BCUT2D eigenvalue weighted by molar-refractivity contribution is 5.94. The van der Waals surface area contributed by atoms with Crippen molar-refractivity contribution in [2.24, 2.45) is 5.92 Å². The molecule has 0 unspecified atom stereocenters. The lowest BCUT2D eigenvalue weighted by Crippen LogP contribution is -2.41. The highest BCUT2D eigenvalue weighted by atomic mass is 19.1. The zero-order valence-electron chi connectivity index (χ0n) is 16.9. The van der Waals surface area contributed by atoms with Crippen molar-refractivity contribution in [3.63, 3.8) is 0 Å². The number of hydrogen-bond acceptors (Lipinski definition) is 3. The number of carbonyl (C=O) groups is 2. The number of amides is 2. The minimum absolute atomic E-state index is 0.0859. The maximum absolute atomic E-state index is 13.4. The van der Waals surface area contributed by atoms with Crippen LogP contribution in [0, 0.1) is 11.7 Å². The van der Waals surface area contributed by atoms with Crippen LogP contribution in [0.4, 0.5) is 4.39 Å². The Balaban J connectivity index is 1.53. The fourth-order valence-corrected chi connectivity index (χ4v) is 3.45. The molecule has 1 aliphatic rings. The molecule has 1 saturated heterocycles. The fraction of sp³-hybridized carbons (Fsp3) is 0.391. The van der Waals surface area contributed by atoms with Gasteiger partial charge in [-0.2, -0.15) is 0 Å². The van der Waals surface area contributed by atoms with E-state index in [0.29, 0.717) is 36.6 Å². The molecular formula is C23H27FN2O3. The van der Waals surface area contributed by atoms with Crippen LogP contribution < -0.4 is 10.1 Å². The summed E-state index contributed by atoms with van der Waals surface area (Å²) in [6.45, 7) is 5.59. The molecule has 154 valence electrons. The Morgan fingerprint density at radius 2 is 1.93 bits per heavy atom. The standard InChI is InChI=1S/C23H27FN2O3/c1-16(2)25-22(27)18-8-10-21(11-9-18)29-15-17-5-4-12-26(14-17)23(28)19-6-3-7-20(24)13-19/h3,6-11,13,16-17H,4-5,12,14-15H2,1-2H3,(H,25,27)/t17-/m0/s1. The highest BCUT2D eigenvalue weighted by Gasteiger charge is 2.25. The van der Waals surface area contributed by atoms with E-state index in [2.05, 4.69) is 5.32 Å². The van der Waals surface area contributed by atoms with Crippen molar-refractivity contribution in [3.05, 3.63) is 65.5 Å². The van der Waals surface area contributed by atoms with E-state index in [0.717, 1.165) is 12.8 Å². The van der Waals surface area contributed by atoms with Crippen LogP contribution in [0.3, 0.4) is 0 Å². The fourth-order valence-electron chi connectivity index (χ4n) is 3.45. The predicted molar refractivity (Wildman–Crippen MR) is 110 cm³/mol. The molecule has 0 aromatic heterocycles. The number of carbonyl (C=O) groups excluding carboxylic acids is 2. The van der Waals surface area contributed by atoms with Gasteiger partial charge < -0.3 is 15.0 Å². The van der Waals surface area contributed by atoms with Crippen LogP contribution in [0.25, 0.3) is 0 Å². The number of piperidine rings is 1. The summed E-state index contributed by atoms with van der Waals surface area (Å²) in [7, 11) is 0. The summed E-state index contributed by atoms with van der Waals surface area (Å²) >= 11 is 0. The molecule has 0 aliphatic carbocycles. The van der Waals surface area contributed by atoms with Gasteiger partial charge in [-0.3, -0.25) is 9.59 Å². The van der Waals surface area contributed by atoms with Crippen molar-refractivity contribution in [1.82, 2.24) is 10.2 Å². The molecule has 1 fully saturated rings. The van der Waals surface area contributed by atoms with Crippen LogP contribution in [0.1, 0.15) is 47.4 Å². The van der Waals surface area contributed by atoms with Crippen molar-refractivity contribution in [2.45, 2.75) is 32.7 Å². The maximum Gasteiger partial charge on any atom is 0.253 e. The summed E-state index contributed by atoms with van der Waals surface area (Å²) in [6.07, 6.45) is 1.87. The molecule has 0 spiro atoms. The van der Waals surface area contributed by atoms with Crippen molar-refractivity contribution in [3.8, 4) is 5.75 Å². The minimum Gasteiger partial charge on any atom is -0.493 e. The van der Waals surface area contributed by atoms with E-state index in [1.165, 1.54) is 12.1 Å². The molecule has 1 atom stereocenters. The molecule has 1 heterocycles. The molecule has 5 nitrogen and oxygen atoms in total. The molecule has 1 N–H and O–H groups in total. The Morgan fingerprint density at radius 3 is 2.62 bits per heavy atom. The smallest absolute Gasteiger partial charge is 0.253 e. The van der Waals surface area contributed by atoms with E-state index in [1.54, 1.807) is 41.3 Å². The molecule has 0 bridgehead atoms. The Bertz CT molecular complexity index is 851. The molecule has 2 aromatic carbocycles. The summed E-state index contributed by atoms with van der Waals surface area (Å²) in [5, 5.41) is 2.85. The van der Waals surface area contributed by atoms with E-state index >= 15 is 0 Å². The number of nitrogens with zero attached hydrogens (tertiary/aromatic N) is 1. The van der Waals surface area contributed by atoms with Crippen LogP contribution >= 0.6 is 0 Å². The molecular weight excluding hydrogens is 371 g/mol. The van der Waals surface area contributed by atoms with Gasteiger partial charge in [0.05, 0.1) is 6.61 Å². The van der Waals surface area contributed by atoms with Gasteiger partial charge in [0.25, 0.3) is 11.8 Å². The van der Waals surface area contributed by atoms with Gasteiger partial charge in [0.2, 0.25) is 0 Å². The van der Waals surface area contributed by atoms with Crippen LogP contribution in [0.5, 0.6) is 5.75 Å². The number of benzene rings is 2. The van der Waals surface area contributed by atoms with E-state index in [9.17, 15) is 14.0 Å². The average Bonchev–Trinajstić information content (AvgIpc) is 2.72. The summed E-state index contributed by atoms with van der Waals surface area (Å²) in [5.41, 5.74) is 0.970. The molecule has 0 radical (unpaired) electrons. The first-order chi connectivity index (χ1) is 13.9. The van der Waals surface area contributed by atoms with Gasteiger partial charge in [-0.1, -0.05) is 6.07 Å². The molecule has 29 heavy (non-hydrogen) atoms. The van der Waals surface area contributed by atoms with Crippen molar-refractivity contribution in [1.29, 1.82) is 0 Å². The van der Waals surface area contributed by atoms with E-state index in [4.69, 9.17) is 4.74 Å². The summed E-state index contributed by atoms with van der Waals surface area (Å²) in [5.74, 6) is 0.253. The Labute approximate surface area is 170 Å². The third-order valence-corrected chi connectivity index (χ3v) is 4.90. The van der Waals surface area contributed by atoms with Crippen LogP contribution in [-0.2, 0) is 0 Å². The zero-order chi connectivity index (χ0) is 20.8. The SMILES string of the molecule is CC(C)NC(=O)c1ccc(OC[C@H]2CCCN(C(=O)c3cccc(F)c3)C2)cc1. The average molecular weight is 398 g/mol. The van der Waals surface area contributed by atoms with Crippen LogP contribution in [0.2, 0.25) is 0 Å². The number of rotatable bonds is 6. The van der Waals surface area contributed by atoms with E-state index < -0.39 is 5.82 Å². The Kier molecular flexibility index (Phi) is 6.86. The summed E-state index contributed by atoms with van der Waals surface area (Å²) in [6, 6.07) is 13.0. The first-order valence-corrected chi connectivity index (χ1v) is 10.0. The molecule has 0 saturated carbocycles. The Morgan fingerprint density at radius 1 is 1.17 bits per heavy atom. The number of likely N-dealkylation sites (tertiary alicyclic amines) is 1. The van der Waals surface area contributed by atoms with Crippen molar-refractivity contribution < 1.29 is 18.7 Å². The summed E-state index contributed by atoms with van der Waals surface area (Å²) < 4.78 is 19.3. The monoisotopic (exact) mass is 398 g/mol. The van der Waals surface area contributed by atoms with Crippen molar-refractivity contribution >= 4 is 11.8 Å². The normalized spacial score (nSPS) is 16.6. The van der Waals surface area contributed by atoms with Gasteiger partial charge >= 0.3 is 0 Å². The molecule has 6 heteroatoms. The highest BCUT2D eigenvalue weighted by Crippen LogP contribution is 2.21. The van der Waals surface area contributed by atoms with Gasteiger partial charge in [-0.05, 0) is 69.2 Å². The van der Waals surface area contributed by atoms with Gasteiger partial charge in [0.15, 0.2) is 0 Å². The number of hydrogen-bond donors (Lipinski definition) is 1. The Hall–Kier alpha value is -2.89. The number of ether oxygens (including phenoxy) is 1. The minimum atomic E-state index is -0.404. The van der Waals surface area contributed by atoms with Gasteiger partial charge in [-0.15, -0.1) is 0 Å². The van der Waals surface area contributed by atoms with Crippen LogP contribution in [-0.4, -0.2) is 42.5 Å². The van der Waals surface area contributed by atoms with Crippen molar-refractivity contribution in [2.75, 3.05) is 19.7 Å². The summed E-state index contributed by atoms with van der Waals surface area (Å²) in [4.78, 5) is 26.4. The van der Waals surface area contributed by atoms with E-state index in [-0.39, 0.29) is 23.8 Å². The molecule has 2 amide bonds. The largest absolute Gasteiger partial charge is 0.493 e. The first kappa shape index (κ1) is 20.8. The van der Waals surface area contributed by atoms with Crippen LogP contribution in [0.15, 0.2) is 48.5 Å². The second-order valence-corrected chi connectivity index (χ2v) is 7.73.